The van der Waals surface area contributed by atoms with Gasteiger partial charge in [-0.3, -0.25) is 9.88 Å². The van der Waals surface area contributed by atoms with Crippen molar-refractivity contribution in [3.8, 4) is 0 Å². The molecule has 0 unspecified atom stereocenters. The number of anilines is 1. The lowest BCUT2D eigenvalue weighted by Gasteiger charge is -2.26. The summed E-state index contributed by atoms with van der Waals surface area (Å²) in [7, 11) is 2.09. The molecule has 15 heavy (non-hydrogen) atoms. The van der Waals surface area contributed by atoms with Crippen LogP contribution in [0.4, 0.5) is 5.82 Å². The van der Waals surface area contributed by atoms with Gasteiger partial charge in [0, 0.05) is 13.1 Å². The Balaban J connectivity index is 2.51. The Kier molecular flexibility index (Phi) is 3.63. The van der Waals surface area contributed by atoms with Crippen molar-refractivity contribution in [3.05, 3.63) is 18.1 Å². The molecule has 0 fully saturated rings. The molecule has 84 valence electrons. The first-order valence-electron chi connectivity index (χ1n) is 5.12. The lowest BCUT2D eigenvalue weighted by atomic mass is 9.96. The minimum atomic E-state index is 0.302. The molecule has 0 aliphatic heterocycles. The van der Waals surface area contributed by atoms with Crippen molar-refractivity contribution in [2.45, 2.75) is 27.3 Å². The number of nitrogens with two attached hydrogens (primary N) is 1. The molecule has 0 spiro atoms. The third kappa shape index (κ3) is 4.74. The fraction of sp³-hybridized carbons (Fsp3) is 0.636. The van der Waals surface area contributed by atoms with Crippen LogP contribution in [0.3, 0.4) is 0 Å². The Hall–Kier alpha value is -1.16. The van der Waals surface area contributed by atoms with E-state index in [2.05, 4.69) is 42.7 Å². The van der Waals surface area contributed by atoms with Crippen LogP contribution in [-0.2, 0) is 6.54 Å². The van der Waals surface area contributed by atoms with Gasteiger partial charge in [-0.05, 0) is 12.5 Å². The summed E-state index contributed by atoms with van der Waals surface area (Å²) in [5.74, 6) is 0.470. The molecular formula is C11H20N4. The molecule has 1 rings (SSSR count). The van der Waals surface area contributed by atoms with Crippen LogP contribution in [0.15, 0.2) is 12.4 Å². The second-order valence-electron chi connectivity index (χ2n) is 5.17. The maximum atomic E-state index is 5.47. The number of nitrogens with zero attached hydrogens (tertiary/aromatic N) is 3. The first kappa shape index (κ1) is 11.9. The van der Waals surface area contributed by atoms with Gasteiger partial charge >= 0.3 is 0 Å². The molecule has 0 aromatic carbocycles. The second-order valence-corrected chi connectivity index (χ2v) is 5.17. The molecule has 0 saturated heterocycles. The van der Waals surface area contributed by atoms with Crippen molar-refractivity contribution >= 4 is 5.82 Å². The lowest BCUT2D eigenvalue weighted by molar-refractivity contribution is 0.219. The molecule has 2 N–H and O–H groups in total. The van der Waals surface area contributed by atoms with Gasteiger partial charge in [-0.25, -0.2) is 4.98 Å². The van der Waals surface area contributed by atoms with Crippen LogP contribution in [0.25, 0.3) is 0 Å². The highest BCUT2D eigenvalue weighted by molar-refractivity contribution is 5.22. The third-order valence-corrected chi connectivity index (χ3v) is 1.90. The van der Waals surface area contributed by atoms with Crippen LogP contribution in [0, 0.1) is 5.41 Å². The van der Waals surface area contributed by atoms with E-state index >= 15 is 0 Å². The Morgan fingerprint density at radius 3 is 2.40 bits per heavy atom. The number of hydrogen-bond donors (Lipinski definition) is 1. The van der Waals surface area contributed by atoms with E-state index in [0.717, 1.165) is 18.8 Å². The molecule has 1 heterocycles. The minimum Gasteiger partial charge on any atom is -0.382 e. The Morgan fingerprint density at radius 1 is 1.27 bits per heavy atom. The fourth-order valence-electron chi connectivity index (χ4n) is 1.59. The highest BCUT2D eigenvalue weighted by Crippen LogP contribution is 2.15. The summed E-state index contributed by atoms with van der Waals surface area (Å²) in [6.45, 7) is 8.50. The van der Waals surface area contributed by atoms with Gasteiger partial charge in [0.15, 0.2) is 0 Å². The smallest absolute Gasteiger partial charge is 0.141 e. The Bertz CT molecular complexity index is 299. The Labute approximate surface area is 91.5 Å². The van der Waals surface area contributed by atoms with E-state index in [4.69, 9.17) is 5.73 Å². The predicted molar refractivity (Wildman–Crippen MR) is 62.2 cm³/mol. The van der Waals surface area contributed by atoms with Crippen molar-refractivity contribution in [1.29, 1.82) is 0 Å². The number of aromatic nitrogens is 2. The van der Waals surface area contributed by atoms with Crippen molar-refractivity contribution in [2.24, 2.45) is 5.41 Å². The normalized spacial score (nSPS) is 12.1. The molecule has 0 radical (unpaired) electrons. The zero-order chi connectivity index (χ0) is 11.5. The van der Waals surface area contributed by atoms with Gasteiger partial charge in [0.2, 0.25) is 0 Å². The maximum Gasteiger partial charge on any atom is 0.141 e. The summed E-state index contributed by atoms with van der Waals surface area (Å²) in [4.78, 5) is 10.5. The molecule has 0 atom stereocenters. The van der Waals surface area contributed by atoms with Crippen LogP contribution in [0.2, 0.25) is 0 Å². The van der Waals surface area contributed by atoms with Gasteiger partial charge < -0.3 is 5.73 Å². The van der Waals surface area contributed by atoms with E-state index in [1.807, 2.05) is 0 Å². The average molecular weight is 208 g/mol. The SMILES string of the molecule is CN(Cc1cnc(N)cn1)CC(C)(C)C. The van der Waals surface area contributed by atoms with E-state index in [0.29, 0.717) is 11.2 Å². The van der Waals surface area contributed by atoms with Gasteiger partial charge in [-0.15, -0.1) is 0 Å². The van der Waals surface area contributed by atoms with Crippen LogP contribution < -0.4 is 5.73 Å². The highest BCUT2D eigenvalue weighted by atomic mass is 15.1. The number of rotatable bonds is 3. The largest absolute Gasteiger partial charge is 0.382 e. The van der Waals surface area contributed by atoms with E-state index < -0.39 is 0 Å². The summed E-state index contributed by atoms with van der Waals surface area (Å²) in [5, 5.41) is 0. The van der Waals surface area contributed by atoms with Gasteiger partial charge in [0.05, 0.1) is 18.1 Å². The fourth-order valence-corrected chi connectivity index (χ4v) is 1.59. The molecule has 0 saturated carbocycles. The van der Waals surface area contributed by atoms with E-state index in [-0.39, 0.29) is 0 Å². The predicted octanol–water partition coefficient (Wildman–Crippen LogP) is 1.54. The summed E-state index contributed by atoms with van der Waals surface area (Å²) < 4.78 is 0. The maximum absolute atomic E-state index is 5.47. The van der Waals surface area contributed by atoms with Crippen LogP contribution in [-0.4, -0.2) is 28.5 Å². The van der Waals surface area contributed by atoms with Gasteiger partial charge in [-0.2, -0.15) is 0 Å². The summed E-state index contributed by atoms with van der Waals surface area (Å²) >= 11 is 0. The van der Waals surface area contributed by atoms with E-state index in [9.17, 15) is 0 Å². The molecule has 1 aromatic heterocycles. The lowest BCUT2D eigenvalue weighted by Crippen LogP contribution is -2.29. The standard InChI is InChI=1S/C11H20N4/c1-11(2,3)8-15(4)7-9-5-14-10(12)6-13-9/h5-6H,7-8H2,1-4H3,(H2,12,14). The molecule has 1 aromatic rings. The van der Waals surface area contributed by atoms with Crippen LogP contribution in [0.1, 0.15) is 26.5 Å². The molecule has 0 amide bonds. The molecule has 0 bridgehead atoms. The summed E-state index contributed by atoms with van der Waals surface area (Å²) in [6.07, 6.45) is 3.33. The van der Waals surface area contributed by atoms with Crippen molar-refractivity contribution < 1.29 is 0 Å². The van der Waals surface area contributed by atoms with Crippen molar-refractivity contribution in [2.75, 3.05) is 19.3 Å². The monoisotopic (exact) mass is 208 g/mol. The summed E-state index contributed by atoms with van der Waals surface area (Å²) in [5.41, 5.74) is 6.73. The molecular weight excluding hydrogens is 188 g/mol. The number of hydrogen-bond acceptors (Lipinski definition) is 4. The highest BCUT2D eigenvalue weighted by Gasteiger charge is 2.13. The molecule has 4 heteroatoms. The topological polar surface area (TPSA) is 55.0 Å². The third-order valence-electron chi connectivity index (χ3n) is 1.90. The average Bonchev–Trinajstić information content (AvgIpc) is 2.05. The number of nitrogen functional groups attached to an aromatic ring is 1. The summed E-state index contributed by atoms with van der Waals surface area (Å²) in [6, 6.07) is 0. The van der Waals surface area contributed by atoms with Crippen molar-refractivity contribution in [1.82, 2.24) is 14.9 Å². The second kappa shape index (κ2) is 4.57. The van der Waals surface area contributed by atoms with Gasteiger partial charge in [-0.1, -0.05) is 20.8 Å². The van der Waals surface area contributed by atoms with Crippen LogP contribution in [0.5, 0.6) is 0 Å². The zero-order valence-electron chi connectivity index (χ0n) is 9.99. The van der Waals surface area contributed by atoms with Gasteiger partial charge in [0.1, 0.15) is 5.82 Å². The van der Waals surface area contributed by atoms with E-state index in [1.54, 1.807) is 12.4 Å². The quantitative estimate of drug-likeness (QED) is 0.818. The minimum absolute atomic E-state index is 0.302. The molecule has 4 nitrogen and oxygen atoms in total. The molecule has 0 aliphatic carbocycles. The van der Waals surface area contributed by atoms with E-state index in [1.165, 1.54) is 0 Å². The molecule has 0 aliphatic rings. The first-order chi connectivity index (χ1) is 6.87. The first-order valence-corrected chi connectivity index (χ1v) is 5.12. The zero-order valence-corrected chi connectivity index (χ0v) is 9.99. The Morgan fingerprint density at radius 2 is 1.93 bits per heavy atom. The van der Waals surface area contributed by atoms with Gasteiger partial charge in [0.25, 0.3) is 0 Å². The van der Waals surface area contributed by atoms with Crippen molar-refractivity contribution in [3.63, 3.8) is 0 Å². The van der Waals surface area contributed by atoms with Crippen LogP contribution >= 0.6 is 0 Å².